The van der Waals surface area contributed by atoms with Gasteiger partial charge in [0.25, 0.3) is 5.91 Å². The van der Waals surface area contributed by atoms with Gasteiger partial charge in [-0.15, -0.1) is 0 Å². The summed E-state index contributed by atoms with van der Waals surface area (Å²) in [6, 6.07) is 12.8. The van der Waals surface area contributed by atoms with Gasteiger partial charge in [-0.2, -0.15) is 0 Å². The molecule has 2 rings (SSSR count). The number of hydrogen-bond acceptors (Lipinski definition) is 2. The Morgan fingerprint density at radius 3 is 2.75 bits per heavy atom. The first-order valence-corrected chi connectivity index (χ1v) is 7.42. The van der Waals surface area contributed by atoms with E-state index in [1.807, 2.05) is 30.3 Å². The van der Waals surface area contributed by atoms with Crippen molar-refractivity contribution >= 4 is 40.1 Å². The molecule has 2 aromatic rings. The second-order valence-electron chi connectivity index (χ2n) is 4.11. The molecular weight excluding hydrogens is 389 g/mol. The van der Waals surface area contributed by atoms with Crippen molar-refractivity contribution < 1.29 is 9.53 Å². The summed E-state index contributed by atoms with van der Waals surface area (Å²) in [6.07, 6.45) is 0. The first-order valence-electron chi connectivity index (χ1n) is 5.97. The maximum atomic E-state index is 12.1. The predicted octanol–water partition coefficient (Wildman–Crippen LogP) is 3.88. The number of benzene rings is 2. The van der Waals surface area contributed by atoms with Crippen LogP contribution < -0.4 is 10.1 Å². The van der Waals surface area contributed by atoms with Crippen LogP contribution in [0.2, 0.25) is 5.02 Å². The standard InChI is InChI=1S/C15H13ClINO2/c1-20-14-7-3-6-13(16)12(14)9-18-15(19)10-4-2-5-11(17)8-10/h2-8H,9H2,1H3,(H,18,19). The smallest absolute Gasteiger partial charge is 0.251 e. The van der Waals surface area contributed by atoms with Gasteiger partial charge in [-0.25, -0.2) is 0 Å². The molecule has 0 heterocycles. The summed E-state index contributed by atoms with van der Waals surface area (Å²) in [4.78, 5) is 12.1. The van der Waals surface area contributed by atoms with Gasteiger partial charge < -0.3 is 10.1 Å². The van der Waals surface area contributed by atoms with E-state index < -0.39 is 0 Å². The lowest BCUT2D eigenvalue weighted by Gasteiger charge is -2.11. The largest absolute Gasteiger partial charge is 0.496 e. The van der Waals surface area contributed by atoms with Gasteiger partial charge in [-0.05, 0) is 52.9 Å². The zero-order valence-electron chi connectivity index (χ0n) is 10.8. The zero-order chi connectivity index (χ0) is 14.5. The van der Waals surface area contributed by atoms with E-state index in [1.165, 1.54) is 0 Å². The highest BCUT2D eigenvalue weighted by molar-refractivity contribution is 14.1. The lowest BCUT2D eigenvalue weighted by Crippen LogP contribution is -2.23. The normalized spacial score (nSPS) is 10.2. The molecule has 0 fully saturated rings. The monoisotopic (exact) mass is 401 g/mol. The molecule has 0 bridgehead atoms. The van der Waals surface area contributed by atoms with Gasteiger partial charge in [-0.1, -0.05) is 23.7 Å². The van der Waals surface area contributed by atoms with E-state index in [2.05, 4.69) is 27.9 Å². The number of amides is 1. The SMILES string of the molecule is COc1cccc(Cl)c1CNC(=O)c1cccc(I)c1. The van der Waals surface area contributed by atoms with Crippen LogP contribution >= 0.6 is 34.2 Å². The molecule has 0 spiro atoms. The van der Waals surface area contributed by atoms with Gasteiger partial charge in [0.1, 0.15) is 5.75 Å². The van der Waals surface area contributed by atoms with E-state index in [4.69, 9.17) is 16.3 Å². The van der Waals surface area contributed by atoms with Crippen LogP contribution in [0.5, 0.6) is 5.75 Å². The summed E-state index contributed by atoms with van der Waals surface area (Å²) in [6.45, 7) is 0.327. The number of carbonyl (C=O) groups excluding carboxylic acids is 1. The number of ether oxygens (including phenoxy) is 1. The quantitative estimate of drug-likeness (QED) is 0.790. The van der Waals surface area contributed by atoms with Crippen molar-refractivity contribution in [2.24, 2.45) is 0 Å². The molecule has 0 aliphatic carbocycles. The van der Waals surface area contributed by atoms with Crippen LogP contribution in [0.1, 0.15) is 15.9 Å². The Morgan fingerprint density at radius 1 is 1.30 bits per heavy atom. The van der Waals surface area contributed by atoms with Crippen LogP contribution in [0.25, 0.3) is 0 Å². The number of carbonyl (C=O) groups is 1. The Hall–Kier alpha value is -1.27. The van der Waals surface area contributed by atoms with Crippen molar-refractivity contribution in [1.29, 1.82) is 0 Å². The Labute approximate surface area is 136 Å². The molecule has 0 aliphatic rings. The van der Waals surface area contributed by atoms with Crippen molar-refractivity contribution in [3.8, 4) is 5.75 Å². The van der Waals surface area contributed by atoms with Crippen LogP contribution in [-0.4, -0.2) is 13.0 Å². The highest BCUT2D eigenvalue weighted by Crippen LogP contribution is 2.25. The van der Waals surface area contributed by atoms with Crippen LogP contribution in [0.15, 0.2) is 42.5 Å². The number of rotatable bonds is 4. The Morgan fingerprint density at radius 2 is 2.05 bits per heavy atom. The van der Waals surface area contributed by atoms with E-state index in [0.717, 1.165) is 9.13 Å². The Bertz CT molecular complexity index is 631. The summed E-state index contributed by atoms with van der Waals surface area (Å²) >= 11 is 8.30. The Kier molecular flexibility index (Phi) is 5.25. The van der Waals surface area contributed by atoms with E-state index in [9.17, 15) is 4.79 Å². The molecule has 0 atom stereocenters. The predicted molar refractivity (Wildman–Crippen MR) is 88.3 cm³/mol. The minimum absolute atomic E-state index is 0.134. The maximum Gasteiger partial charge on any atom is 0.251 e. The molecule has 1 amide bonds. The fraction of sp³-hybridized carbons (Fsp3) is 0.133. The molecule has 2 aromatic carbocycles. The first kappa shape index (κ1) is 15.1. The average Bonchev–Trinajstić information content (AvgIpc) is 2.45. The number of nitrogens with one attached hydrogen (secondary N) is 1. The van der Waals surface area contributed by atoms with Crippen LogP contribution in [0.4, 0.5) is 0 Å². The molecule has 0 unspecified atom stereocenters. The summed E-state index contributed by atoms with van der Waals surface area (Å²) in [5, 5.41) is 3.43. The van der Waals surface area contributed by atoms with E-state index in [1.54, 1.807) is 19.2 Å². The van der Waals surface area contributed by atoms with Crippen molar-refractivity contribution in [3.63, 3.8) is 0 Å². The molecule has 0 aromatic heterocycles. The summed E-state index contributed by atoms with van der Waals surface area (Å²) in [5.74, 6) is 0.533. The third-order valence-corrected chi connectivity index (χ3v) is 3.83. The summed E-state index contributed by atoms with van der Waals surface area (Å²) in [5.41, 5.74) is 1.40. The molecule has 0 saturated carbocycles. The third-order valence-electron chi connectivity index (χ3n) is 2.81. The minimum Gasteiger partial charge on any atom is -0.496 e. The molecule has 20 heavy (non-hydrogen) atoms. The number of methoxy groups -OCH3 is 1. The molecule has 104 valence electrons. The molecule has 0 saturated heterocycles. The van der Waals surface area contributed by atoms with Crippen LogP contribution in [-0.2, 0) is 6.54 Å². The van der Waals surface area contributed by atoms with Crippen molar-refractivity contribution in [3.05, 3.63) is 62.2 Å². The molecule has 3 nitrogen and oxygen atoms in total. The lowest BCUT2D eigenvalue weighted by molar-refractivity contribution is 0.0950. The van der Waals surface area contributed by atoms with Gasteiger partial charge in [0.05, 0.1) is 7.11 Å². The second kappa shape index (κ2) is 6.95. The van der Waals surface area contributed by atoms with Gasteiger partial charge in [0.15, 0.2) is 0 Å². The van der Waals surface area contributed by atoms with E-state index in [-0.39, 0.29) is 5.91 Å². The molecule has 1 N–H and O–H groups in total. The van der Waals surface area contributed by atoms with Crippen molar-refractivity contribution in [1.82, 2.24) is 5.32 Å². The fourth-order valence-corrected chi connectivity index (χ4v) is 2.58. The Balaban J connectivity index is 2.11. The van der Waals surface area contributed by atoms with E-state index >= 15 is 0 Å². The zero-order valence-corrected chi connectivity index (χ0v) is 13.7. The van der Waals surface area contributed by atoms with Gasteiger partial charge in [0, 0.05) is 26.3 Å². The molecular formula is C15H13ClINO2. The van der Waals surface area contributed by atoms with Gasteiger partial charge in [-0.3, -0.25) is 4.79 Å². The van der Waals surface area contributed by atoms with Gasteiger partial charge in [0.2, 0.25) is 0 Å². The fourth-order valence-electron chi connectivity index (χ4n) is 1.80. The van der Waals surface area contributed by atoms with E-state index in [0.29, 0.717) is 22.9 Å². The summed E-state index contributed by atoms with van der Waals surface area (Å²) in [7, 11) is 1.58. The highest BCUT2D eigenvalue weighted by Gasteiger charge is 2.10. The van der Waals surface area contributed by atoms with Crippen LogP contribution in [0.3, 0.4) is 0 Å². The topological polar surface area (TPSA) is 38.3 Å². The maximum absolute atomic E-state index is 12.1. The first-order chi connectivity index (χ1) is 9.61. The minimum atomic E-state index is -0.134. The molecule has 0 aliphatic heterocycles. The van der Waals surface area contributed by atoms with Crippen molar-refractivity contribution in [2.75, 3.05) is 7.11 Å². The second-order valence-corrected chi connectivity index (χ2v) is 5.77. The third kappa shape index (κ3) is 3.64. The lowest BCUT2D eigenvalue weighted by atomic mass is 10.1. The number of halogens is 2. The van der Waals surface area contributed by atoms with Crippen LogP contribution in [0, 0.1) is 3.57 Å². The highest BCUT2D eigenvalue weighted by atomic mass is 127. The summed E-state index contributed by atoms with van der Waals surface area (Å²) < 4.78 is 6.27. The average molecular weight is 402 g/mol. The van der Waals surface area contributed by atoms with Gasteiger partial charge >= 0.3 is 0 Å². The molecule has 0 radical (unpaired) electrons. The number of hydrogen-bond donors (Lipinski definition) is 1. The van der Waals surface area contributed by atoms with Crippen molar-refractivity contribution in [2.45, 2.75) is 6.54 Å². The molecule has 5 heteroatoms.